The minimum Gasteiger partial charge on any atom is -0.461 e. The van der Waals surface area contributed by atoms with Gasteiger partial charge < -0.3 is 4.74 Å². The smallest absolute Gasteiger partial charge is 0.309 e. The van der Waals surface area contributed by atoms with E-state index in [0.717, 1.165) is 0 Å². The van der Waals surface area contributed by atoms with Crippen LogP contribution in [0.4, 0.5) is 0 Å². The van der Waals surface area contributed by atoms with Crippen LogP contribution in [0.1, 0.15) is 6.92 Å². The highest BCUT2D eigenvalue weighted by Gasteiger charge is 1.92. The van der Waals surface area contributed by atoms with Gasteiger partial charge in [0.1, 0.15) is 6.61 Å². The average molecular weight is 113 g/mol. The molecule has 0 heterocycles. The Bertz CT molecular complexity index is 86.5. The summed E-state index contributed by atoms with van der Waals surface area (Å²) in [5.74, 6) is -0.301. The Labute approximate surface area is 49.1 Å². The highest BCUT2D eigenvalue weighted by molar-refractivity contribution is 5.78. The van der Waals surface area contributed by atoms with E-state index in [2.05, 4.69) is 11.3 Å². The number of hydrogen-bond donors (Lipinski definition) is 0. The van der Waals surface area contributed by atoms with E-state index in [-0.39, 0.29) is 5.97 Å². The molecule has 45 valence electrons. The van der Waals surface area contributed by atoms with Gasteiger partial charge in [-0.2, -0.15) is 0 Å². The van der Waals surface area contributed by atoms with Crippen molar-refractivity contribution in [3.8, 4) is 0 Å². The predicted molar refractivity (Wildman–Crippen MR) is 31.1 cm³/mol. The van der Waals surface area contributed by atoms with Crippen LogP contribution < -0.4 is 0 Å². The molecule has 0 fully saturated rings. The lowest BCUT2D eigenvalue weighted by Crippen LogP contribution is -2.01. The third-order valence-corrected chi connectivity index (χ3v) is 0.579. The maximum Gasteiger partial charge on any atom is 0.309 e. The first-order chi connectivity index (χ1) is 3.81. The van der Waals surface area contributed by atoms with Crippen LogP contribution in [0, 0.1) is 6.42 Å². The molecule has 0 aromatic heterocycles. The first-order valence-electron chi connectivity index (χ1n) is 2.38. The minimum atomic E-state index is -0.301. The number of esters is 1. The Balaban J connectivity index is 3.11. The van der Waals surface area contributed by atoms with Crippen molar-refractivity contribution in [2.24, 2.45) is 0 Å². The fraction of sp³-hybridized carbons (Fsp3) is 0.333. The second kappa shape index (κ2) is 4.37. The van der Waals surface area contributed by atoms with Crippen molar-refractivity contribution in [1.29, 1.82) is 0 Å². The summed E-state index contributed by atoms with van der Waals surface area (Å²) in [6, 6.07) is 0. The van der Waals surface area contributed by atoms with E-state index in [9.17, 15) is 4.79 Å². The van der Waals surface area contributed by atoms with E-state index in [1.54, 1.807) is 6.92 Å². The monoisotopic (exact) mass is 113 g/mol. The highest BCUT2D eigenvalue weighted by atomic mass is 16.5. The van der Waals surface area contributed by atoms with E-state index in [4.69, 9.17) is 0 Å². The Morgan fingerprint density at radius 1 is 1.88 bits per heavy atom. The number of carbonyl (C=O) groups excluding carboxylic acids is 1. The van der Waals surface area contributed by atoms with E-state index >= 15 is 0 Å². The van der Waals surface area contributed by atoms with Crippen molar-refractivity contribution in [3.63, 3.8) is 0 Å². The van der Waals surface area contributed by atoms with Gasteiger partial charge >= 0.3 is 5.97 Å². The second-order valence-electron chi connectivity index (χ2n) is 1.21. The molecule has 0 aromatic carbocycles. The lowest BCUT2D eigenvalue weighted by atomic mass is 10.5. The van der Waals surface area contributed by atoms with Crippen LogP contribution in [0.3, 0.4) is 0 Å². The number of rotatable bonds is 3. The van der Waals surface area contributed by atoms with E-state index in [1.165, 1.54) is 12.5 Å². The molecule has 0 rings (SSSR count). The molecule has 1 radical (unpaired) electrons. The Kier molecular flexibility index (Phi) is 3.94. The normalized spacial score (nSPS) is 8.12. The standard InChI is InChI=1S/C6H9O2/c1-3-5-8-6(7)4-2/h3-4H,1,5H2,2H3. The third kappa shape index (κ3) is 3.40. The number of ether oxygens (including phenoxy) is 1. The summed E-state index contributed by atoms with van der Waals surface area (Å²) in [5.41, 5.74) is 0. The summed E-state index contributed by atoms with van der Waals surface area (Å²) >= 11 is 0. The number of hydrogen-bond acceptors (Lipinski definition) is 2. The van der Waals surface area contributed by atoms with Crippen LogP contribution in [0.25, 0.3) is 0 Å². The zero-order chi connectivity index (χ0) is 6.41. The summed E-state index contributed by atoms with van der Waals surface area (Å²) in [6.45, 7) is 5.30. The molecule has 0 aliphatic carbocycles. The van der Waals surface area contributed by atoms with Gasteiger partial charge in [-0.25, -0.2) is 0 Å². The van der Waals surface area contributed by atoms with Crippen LogP contribution in [-0.2, 0) is 9.53 Å². The van der Waals surface area contributed by atoms with Gasteiger partial charge in [0, 0.05) is 0 Å². The van der Waals surface area contributed by atoms with Gasteiger partial charge in [-0.05, 0) is 0 Å². The summed E-state index contributed by atoms with van der Waals surface area (Å²) in [4.78, 5) is 10.2. The highest BCUT2D eigenvalue weighted by Crippen LogP contribution is 1.81. The summed E-state index contributed by atoms with van der Waals surface area (Å²) in [7, 11) is 0. The Hall–Kier alpha value is -0.790. The zero-order valence-corrected chi connectivity index (χ0v) is 4.89. The molecular weight excluding hydrogens is 104 g/mol. The molecule has 2 nitrogen and oxygen atoms in total. The molecule has 0 saturated carbocycles. The SMILES string of the molecule is C=CCOC(=O)[CH]C. The van der Waals surface area contributed by atoms with Crippen LogP contribution in [0.5, 0.6) is 0 Å². The van der Waals surface area contributed by atoms with Crippen LogP contribution in [0.15, 0.2) is 12.7 Å². The quantitative estimate of drug-likeness (QED) is 0.402. The first kappa shape index (κ1) is 7.21. The molecule has 0 saturated heterocycles. The molecule has 0 atom stereocenters. The van der Waals surface area contributed by atoms with E-state index in [0.29, 0.717) is 6.61 Å². The van der Waals surface area contributed by atoms with Gasteiger partial charge in [0.15, 0.2) is 0 Å². The zero-order valence-electron chi connectivity index (χ0n) is 4.89. The molecule has 0 bridgehead atoms. The van der Waals surface area contributed by atoms with Crippen LogP contribution >= 0.6 is 0 Å². The Morgan fingerprint density at radius 3 is 2.88 bits per heavy atom. The fourth-order valence-electron chi connectivity index (χ4n) is 0.224. The molecular formula is C6H9O2. The molecule has 2 heteroatoms. The van der Waals surface area contributed by atoms with Crippen molar-refractivity contribution in [1.82, 2.24) is 0 Å². The first-order valence-corrected chi connectivity index (χ1v) is 2.38. The molecule has 0 aliphatic rings. The molecule has 0 N–H and O–H groups in total. The molecule has 0 amide bonds. The largest absolute Gasteiger partial charge is 0.461 e. The van der Waals surface area contributed by atoms with Gasteiger partial charge in [0.05, 0.1) is 6.42 Å². The second-order valence-corrected chi connectivity index (χ2v) is 1.21. The van der Waals surface area contributed by atoms with Crippen molar-refractivity contribution >= 4 is 5.97 Å². The summed E-state index contributed by atoms with van der Waals surface area (Å²) in [5, 5.41) is 0. The van der Waals surface area contributed by atoms with Crippen LogP contribution in [0.2, 0.25) is 0 Å². The topological polar surface area (TPSA) is 26.3 Å². The van der Waals surface area contributed by atoms with Gasteiger partial charge in [0.2, 0.25) is 0 Å². The van der Waals surface area contributed by atoms with Crippen molar-refractivity contribution in [2.45, 2.75) is 6.92 Å². The summed E-state index contributed by atoms with van der Waals surface area (Å²) < 4.78 is 4.53. The lowest BCUT2D eigenvalue weighted by Gasteiger charge is -1.94. The average Bonchev–Trinajstić information content (AvgIpc) is 1.83. The molecule has 0 aromatic rings. The van der Waals surface area contributed by atoms with Gasteiger partial charge in [-0.15, -0.1) is 0 Å². The predicted octanol–water partition coefficient (Wildman–Crippen LogP) is 0.940. The third-order valence-electron chi connectivity index (χ3n) is 0.579. The van der Waals surface area contributed by atoms with Gasteiger partial charge in [0.25, 0.3) is 0 Å². The van der Waals surface area contributed by atoms with Crippen molar-refractivity contribution < 1.29 is 9.53 Å². The molecule has 0 spiro atoms. The molecule has 8 heavy (non-hydrogen) atoms. The molecule has 0 unspecified atom stereocenters. The van der Waals surface area contributed by atoms with E-state index in [1.807, 2.05) is 0 Å². The maximum absolute atomic E-state index is 10.2. The van der Waals surface area contributed by atoms with E-state index < -0.39 is 0 Å². The lowest BCUT2D eigenvalue weighted by molar-refractivity contribution is -0.138. The summed E-state index contributed by atoms with van der Waals surface area (Å²) in [6.07, 6.45) is 2.89. The minimum absolute atomic E-state index is 0.295. The Morgan fingerprint density at radius 2 is 2.50 bits per heavy atom. The van der Waals surface area contributed by atoms with Gasteiger partial charge in [-0.3, -0.25) is 4.79 Å². The van der Waals surface area contributed by atoms with Crippen LogP contribution in [-0.4, -0.2) is 12.6 Å². The van der Waals surface area contributed by atoms with Crippen molar-refractivity contribution in [2.75, 3.05) is 6.61 Å². The fourth-order valence-corrected chi connectivity index (χ4v) is 0.224. The maximum atomic E-state index is 10.2. The molecule has 0 aliphatic heterocycles. The van der Waals surface area contributed by atoms with Crippen molar-refractivity contribution in [3.05, 3.63) is 19.1 Å². The van der Waals surface area contributed by atoms with Gasteiger partial charge in [-0.1, -0.05) is 19.6 Å². The number of carbonyl (C=O) groups is 1.